The number of sulfonamides is 1. The van der Waals surface area contributed by atoms with E-state index in [0.29, 0.717) is 11.4 Å². The predicted octanol–water partition coefficient (Wildman–Crippen LogP) is 5.00. The molecule has 0 heterocycles. The molecule has 138 valence electrons. The van der Waals surface area contributed by atoms with Crippen molar-refractivity contribution in [3.05, 3.63) is 87.0 Å². The number of amides is 1. The fraction of sp³-hybridized carbons (Fsp3) is 0. The minimum absolute atomic E-state index is 0.0317. The van der Waals surface area contributed by atoms with Crippen LogP contribution in [-0.4, -0.2) is 14.3 Å². The molecule has 3 rings (SSSR count). The summed E-state index contributed by atoms with van der Waals surface area (Å²) in [7, 11) is -3.95. The summed E-state index contributed by atoms with van der Waals surface area (Å²) in [6.07, 6.45) is 0. The number of para-hydroxylation sites is 1. The highest BCUT2D eigenvalue weighted by Crippen LogP contribution is 2.26. The lowest BCUT2D eigenvalue weighted by Crippen LogP contribution is -2.16. The first-order valence-electron chi connectivity index (χ1n) is 7.79. The Hall–Kier alpha value is -2.10. The van der Waals surface area contributed by atoms with Crippen molar-refractivity contribution < 1.29 is 13.2 Å². The molecular formula is C19H14ClIN2O3S. The summed E-state index contributed by atoms with van der Waals surface area (Å²) in [5.41, 5.74) is 1.20. The van der Waals surface area contributed by atoms with Crippen LogP contribution in [-0.2, 0) is 10.0 Å². The highest BCUT2D eigenvalue weighted by atomic mass is 127. The van der Waals surface area contributed by atoms with E-state index in [1.54, 1.807) is 48.5 Å². The summed E-state index contributed by atoms with van der Waals surface area (Å²) in [5.74, 6) is -0.427. The predicted molar refractivity (Wildman–Crippen MR) is 116 cm³/mol. The van der Waals surface area contributed by atoms with Gasteiger partial charge in [-0.3, -0.25) is 9.52 Å². The van der Waals surface area contributed by atoms with Crippen LogP contribution in [0.3, 0.4) is 0 Å². The number of carbonyl (C=O) groups excluding carboxylic acids is 1. The number of benzene rings is 3. The number of anilines is 2. The first-order valence-corrected chi connectivity index (χ1v) is 10.7. The van der Waals surface area contributed by atoms with E-state index in [1.165, 1.54) is 18.2 Å². The van der Waals surface area contributed by atoms with Crippen LogP contribution in [0.4, 0.5) is 11.4 Å². The van der Waals surface area contributed by atoms with Crippen LogP contribution in [0.5, 0.6) is 0 Å². The average molecular weight is 513 g/mol. The molecule has 5 nitrogen and oxygen atoms in total. The van der Waals surface area contributed by atoms with Crippen LogP contribution in [0.15, 0.2) is 77.7 Å². The van der Waals surface area contributed by atoms with Crippen LogP contribution in [0.2, 0.25) is 5.02 Å². The standard InChI is InChI=1S/C19H14ClIN2O3S/c20-17-11-6-13(19(24)22-15-4-2-1-3-5-15)12-18(17)27(25,26)23-16-9-7-14(21)8-10-16/h1-12,23H,(H,22,24). The molecule has 0 aromatic heterocycles. The van der Waals surface area contributed by atoms with Gasteiger partial charge in [-0.05, 0) is 77.2 Å². The minimum atomic E-state index is -3.95. The molecule has 0 aliphatic carbocycles. The Labute approximate surface area is 175 Å². The molecule has 8 heteroatoms. The van der Waals surface area contributed by atoms with E-state index in [4.69, 9.17) is 11.6 Å². The quantitative estimate of drug-likeness (QED) is 0.473. The van der Waals surface area contributed by atoms with Crippen molar-refractivity contribution in [3.8, 4) is 0 Å². The van der Waals surface area contributed by atoms with Crippen LogP contribution in [0.25, 0.3) is 0 Å². The van der Waals surface area contributed by atoms with Crippen molar-refractivity contribution in [2.24, 2.45) is 0 Å². The van der Waals surface area contributed by atoms with Crippen molar-refractivity contribution in [3.63, 3.8) is 0 Å². The number of halogens is 2. The van der Waals surface area contributed by atoms with Gasteiger partial charge in [0, 0.05) is 20.5 Å². The topological polar surface area (TPSA) is 75.3 Å². The smallest absolute Gasteiger partial charge is 0.263 e. The van der Waals surface area contributed by atoms with Crippen molar-refractivity contribution in [2.45, 2.75) is 4.90 Å². The third-order valence-corrected chi connectivity index (χ3v) is 6.19. The van der Waals surface area contributed by atoms with E-state index in [0.717, 1.165) is 3.57 Å². The van der Waals surface area contributed by atoms with Crippen LogP contribution in [0, 0.1) is 3.57 Å². The van der Waals surface area contributed by atoms with E-state index >= 15 is 0 Å². The molecule has 0 radical (unpaired) electrons. The van der Waals surface area contributed by atoms with Crippen LogP contribution >= 0.6 is 34.2 Å². The average Bonchev–Trinajstić information content (AvgIpc) is 2.64. The van der Waals surface area contributed by atoms with Crippen LogP contribution in [0.1, 0.15) is 10.4 Å². The monoisotopic (exact) mass is 512 g/mol. The molecule has 2 N–H and O–H groups in total. The van der Waals surface area contributed by atoms with Gasteiger partial charge in [-0.15, -0.1) is 0 Å². The van der Waals surface area contributed by atoms with Gasteiger partial charge in [-0.1, -0.05) is 29.8 Å². The molecule has 0 aliphatic heterocycles. The molecule has 0 spiro atoms. The molecule has 27 heavy (non-hydrogen) atoms. The van der Waals surface area contributed by atoms with E-state index in [9.17, 15) is 13.2 Å². The zero-order valence-corrected chi connectivity index (χ0v) is 17.5. The Bertz CT molecular complexity index is 1070. The first-order chi connectivity index (χ1) is 12.8. The molecule has 3 aromatic carbocycles. The van der Waals surface area contributed by atoms with Gasteiger partial charge in [0.2, 0.25) is 0 Å². The fourth-order valence-corrected chi connectivity index (χ4v) is 4.25. The zero-order chi connectivity index (χ0) is 19.4. The molecular weight excluding hydrogens is 499 g/mol. The second-order valence-corrected chi connectivity index (χ2v) is 8.88. The molecule has 0 bridgehead atoms. The number of nitrogens with one attached hydrogen (secondary N) is 2. The summed E-state index contributed by atoms with van der Waals surface area (Å²) < 4.78 is 28.9. The second-order valence-electron chi connectivity index (χ2n) is 5.58. The molecule has 3 aromatic rings. The van der Waals surface area contributed by atoms with Gasteiger partial charge < -0.3 is 5.32 Å². The maximum Gasteiger partial charge on any atom is 0.263 e. The van der Waals surface area contributed by atoms with E-state index in [2.05, 4.69) is 32.6 Å². The Morgan fingerprint density at radius 1 is 0.889 bits per heavy atom. The first kappa shape index (κ1) is 19.7. The van der Waals surface area contributed by atoms with E-state index < -0.39 is 15.9 Å². The molecule has 0 saturated heterocycles. The Balaban J connectivity index is 1.88. The minimum Gasteiger partial charge on any atom is -0.322 e. The van der Waals surface area contributed by atoms with Crippen LogP contribution < -0.4 is 10.0 Å². The SMILES string of the molecule is O=C(Nc1ccccc1)c1ccc(Cl)c(S(=O)(=O)Nc2ccc(I)cc2)c1. The van der Waals surface area contributed by atoms with E-state index in [1.807, 2.05) is 6.07 Å². The van der Waals surface area contributed by atoms with Gasteiger partial charge in [0.05, 0.1) is 5.02 Å². The van der Waals surface area contributed by atoms with Gasteiger partial charge in [0.1, 0.15) is 4.90 Å². The second kappa shape index (κ2) is 8.28. The maximum absolute atomic E-state index is 12.7. The van der Waals surface area contributed by atoms with Gasteiger partial charge >= 0.3 is 0 Å². The Morgan fingerprint density at radius 3 is 2.22 bits per heavy atom. The number of rotatable bonds is 5. The molecule has 0 saturated carbocycles. The highest BCUT2D eigenvalue weighted by Gasteiger charge is 2.20. The van der Waals surface area contributed by atoms with Crippen molar-refractivity contribution in [1.82, 2.24) is 0 Å². The van der Waals surface area contributed by atoms with Gasteiger partial charge in [-0.2, -0.15) is 0 Å². The molecule has 0 aliphatic rings. The highest BCUT2D eigenvalue weighted by molar-refractivity contribution is 14.1. The molecule has 0 unspecified atom stereocenters. The number of hydrogen-bond acceptors (Lipinski definition) is 3. The summed E-state index contributed by atoms with van der Waals surface area (Å²) in [6.45, 7) is 0. The lowest BCUT2D eigenvalue weighted by atomic mass is 10.2. The molecule has 0 atom stereocenters. The molecule has 0 fully saturated rings. The Kier molecular flexibility index (Phi) is 6.03. The lowest BCUT2D eigenvalue weighted by molar-refractivity contribution is 0.102. The summed E-state index contributed by atoms with van der Waals surface area (Å²) in [5, 5.41) is 2.75. The lowest BCUT2D eigenvalue weighted by Gasteiger charge is -2.11. The maximum atomic E-state index is 12.7. The number of carbonyl (C=O) groups is 1. The summed E-state index contributed by atoms with van der Waals surface area (Å²) in [4.78, 5) is 12.3. The van der Waals surface area contributed by atoms with E-state index in [-0.39, 0.29) is 15.5 Å². The van der Waals surface area contributed by atoms with Gasteiger partial charge in [-0.25, -0.2) is 8.42 Å². The summed E-state index contributed by atoms with van der Waals surface area (Å²) in [6, 6.07) is 19.9. The normalized spacial score (nSPS) is 11.0. The van der Waals surface area contributed by atoms with Gasteiger partial charge in [0.15, 0.2) is 0 Å². The summed E-state index contributed by atoms with van der Waals surface area (Å²) >= 11 is 8.21. The third kappa shape index (κ3) is 5.00. The third-order valence-electron chi connectivity index (χ3n) is 3.61. The van der Waals surface area contributed by atoms with Crippen molar-refractivity contribution in [2.75, 3.05) is 10.0 Å². The Morgan fingerprint density at radius 2 is 1.56 bits per heavy atom. The van der Waals surface area contributed by atoms with Crippen molar-refractivity contribution >= 4 is 61.5 Å². The fourth-order valence-electron chi connectivity index (χ4n) is 2.30. The number of hydrogen-bond donors (Lipinski definition) is 2. The molecule has 1 amide bonds. The van der Waals surface area contributed by atoms with Crippen molar-refractivity contribution in [1.29, 1.82) is 0 Å². The largest absolute Gasteiger partial charge is 0.322 e. The zero-order valence-electron chi connectivity index (χ0n) is 13.8. The van der Waals surface area contributed by atoms with Gasteiger partial charge in [0.25, 0.3) is 15.9 Å².